The van der Waals surface area contributed by atoms with Gasteiger partial charge in [0.1, 0.15) is 0 Å². The average Bonchev–Trinajstić information content (AvgIpc) is 2.68. The van der Waals surface area contributed by atoms with Crippen molar-refractivity contribution in [1.82, 2.24) is 4.98 Å². The Morgan fingerprint density at radius 2 is 2.07 bits per heavy atom. The van der Waals surface area contributed by atoms with E-state index in [1.54, 1.807) is 12.3 Å². The molecule has 0 saturated heterocycles. The molecule has 0 aliphatic heterocycles. The van der Waals surface area contributed by atoms with Gasteiger partial charge < -0.3 is 14.5 Å². The van der Waals surface area contributed by atoms with Crippen LogP contribution in [0, 0.1) is 0 Å². The SMILES string of the molecule is O=c1ccc2cc3cc[nH]c3c(O)c2o1. The molecule has 3 rings (SSSR count). The Morgan fingerprint density at radius 1 is 1.20 bits per heavy atom. The molecule has 0 unspecified atom stereocenters. The van der Waals surface area contributed by atoms with Crippen LogP contribution in [0.2, 0.25) is 0 Å². The van der Waals surface area contributed by atoms with Crippen molar-refractivity contribution in [2.75, 3.05) is 0 Å². The largest absolute Gasteiger partial charge is 0.503 e. The fourth-order valence-corrected chi connectivity index (χ4v) is 1.71. The Bertz CT molecular complexity index is 708. The van der Waals surface area contributed by atoms with Gasteiger partial charge in [-0.2, -0.15) is 0 Å². The second-order valence-corrected chi connectivity index (χ2v) is 3.34. The lowest BCUT2D eigenvalue weighted by Gasteiger charge is -2.00. The van der Waals surface area contributed by atoms with Crippen molar-refractivity contribution in [3.8, 4) is 5.75 Å². The van der Waals surface area contributed by atoms with E-state index in [-0.39, 0.29) is 11.3 Å². The molecule has 0 aliphatic carbocycles. The number of nitrogens with one attached hydrogen (secondary N) is 1. The molecule has 0 radical (unpaired) electrons. The number of phenols is 1. The third-order valence-electron chi connectivity index (χ3n) is 2.41. The van der Waals surface area contributed by atoms with Gasteiger partial charge in [0.2, 0.25) is 0 Å². The number of benzene rings is 1. The van der Waals surface area contributed by atoms with Gasteiger partial charge in [-0.3, -0.25) is 0 Å². The van der Waals surface area contributed by atoms with E-state index >= 15 is 0 Å². The van der Waals surface area contributed by atoms with Gasteiger partial charge in [0, 0.05) is 23.0 Å². The molecule has 0 bridgehead atoms. The van der Waals surface area contributed by atoms with Crippen molar-refractivity contribution in [2.24, 2.45) is 0 Å². The van der Waals surface area contributed by atoms with Crippen LogP contribution in [0.4, 0.5) is 0 Å². The first-order valence-corrected chi connectivity index (χ1v) is 4.48. The molecule has 2 heterocycles. The van der Waals surface area contributed by atoms with Gasteiger partial charge in [-0.25, -0.2) is 4.79 Å². The minimum atomic E-state index is -0.469. The van der Waals surface area contributed by atoms with Crippen LogP contribution in [-0.2, 0) is 0 Å². The smallest absolute Gasteiger partial charge is 0.336 e. The first kappa shape index (κ1) is 8.11. The van der Waals surface area contributed by atoms with Gasteiger partial charge in [0.05, 0.1) is 5.52 Å². The van der Waals surface area contributed by atoms with Gasteiger partial charge in [-0.05, 0) is 18.2 Å². The van der Waals surface area contributed by atoms with Crippen molar-refractivity contribution < 1.29 is 9.52 Å². The van der Waals surface area contributed by atoms with Gasteiger partial charge >= 0.3 is 5.63 Å². The summed E-state index contributed by atoms with van der Waals surface area (Å²) < 4.78 is 4.94. The number of H-pyrrole nitrogens is 1. The van der Waals surface area contributed by atoms with Crippen LogP contribution in [0.15, 0.2) is 39.7 Å². The molecule has 4 heteroatoms. The van der Waals surface area contributed by atoms with E-state index in [1.807, 2.05) is 12.1 Å². The van der Waals surface area contributed by atoms with E-state index in [1.165, 1.54) is 6.07 Å². The monoisotopic (exact) mass is 201 g/mol. The first-order chi connectivity index (χ1) is 7.25. The second kappa shape index (κ2) is 2.63. The highest BCUT2D eigenvalue weighted by molar-refractivity contribution is 6.00. The molecule has 74 valence electrons. The molecular weight excluding hydrogens is 194 g/mol. The first-order valence-electron chi connectivity index (χ1n) is 4.48. The summed E-state index contributed by atoms with van der Waals surface area (Å²) in [5.74, 6) is -0.0230. The Morgan fingerprint density at radius 3 is 2.93 bits per heavy atom. The van der Waals surface area contributed by atoms with E-state index in [9.17, 15) is 9.90 Å². The number of rotatable bonds is 0. The fourth-order valence-electron chi connectivity index (χ4n) is 1.71. The molecule has 4 nitrogen and oxygen atoms in total. The summed E-state index contributed by atoms with van der Waals surface area (Å²) in [6.45, 7) is 0. The Labute approximate surface area is 83.8 Å². The molecule has 0 saturated carbocycles. The molecule has 0 atom stereocenters. The Balaban J connectivity index is 2.64. The van der Waals surface area contributed by atoms with Crippen LogP contribution in [0.25, 0.3) is 21.9 Å². The number of aromatic nitrogens is 1. The zero-order valence-corrected chi connectivity index (χ0v) is 7.65. The van der Waals surface area contributed by atoms with Crippen LogP contribution < -0.4 is 5.63 Å². The topological polar surface area (TPSA) is 66.2 Å². The Kier molecular flexibility index (Phi) is 1.42. The summed E-state index contributed by atoms with van der Waals surface area (Å²) in [7, 11) is 0. The van der Waals surface area contributed by atoms with Crippen LogP contribution in [0.1, 0.15) is 0 Å². The molecule has 0 spiro atoms. The molecule has 2 N–H and O–H groups in total. The predicted octanol–water partition coefficient (Wildman–Crippen LogP) is 1.98. The van der Waals surface area contributed by atoms with E-state index in [0.29, 0.717) is 10.9 Å². The summed E-state index contributed by atoms with van der Waals surface area (Å²) in [4.78, 5) is 13.9. The van der Waals surface area contributed by atoms with Crippen molar-refractivity contribution in [2.45, 2.75) is 0 Å². The van der Waals surface area contributed by atoms with Gasteiger partial charge in [0.15, 0.2) is 11.3 Å². The van der Waals surface area contributed by atoms with Crippen LogP contribution in [-0.4, -0.2) is 10.1 Å². The third kappa shape index (κ3) is 1.05. The number of fused-ring (bicyclic) bond motifs is 2. The number of phenolic OH excluding ortho intramolecular Hbond substituents is 1. The molecule has 0 aliphatic rings. The van der Waals surface area contributed by atoms with E-state index in [0.717, 1.165) is 5.39 Å². The van der Waals surface area contributed by atoms with Gasteiger partial charge in [-0.1, -0.05) is 0 Å². The predicted molar refractivity (Wildman–Crippen MR) is 56.0 cm³/mol. The maximum Gasteiger partial charge on any atom is 0.336 e. The minimum absolute atomic E-state index is 0.0230. The van der Waals surface area contributed by atoms with Gasteiger partial charge in [0.25, 0.3) is 0 Å². The fraction of sp³-hybridized carbons (Fsp3) is 0. The summed E-state index contributed by atoms with van der Waals surface area (Å²) in [6, 6.07) is 6.66. The van der Waals surface area contributed by atoms with E-state index in [2.05, 4.69) is 4.98 Å². The number of hydrogen-bond donors (Lipinski definition) is 2. The summed E-state index contributed by atoms with van der Waals surface area (Å²) >= 11 is 0. The highest BCUT2D eigenvalue weighted by atomic mass is 16.4. The molecule has 15 heavy (non-hydrogen) atoms. The van der Waals surface area contributed by atoms with Crippen molar-refractivity contribution >= 4 is 21.9 Å². The maximum absolute atomic E-state index is 11.0. The number of hydrogen-bond acceptors (Lipinski definition) is 3. The van der Waals surface area contributed by atoms with E-state index in [4.69, 9.17) is 4.42 Å². The summed E-state index contributed by atoms with van der Waals surface area (Å²) in [6.07, 6.45) is 1.72. The van der Waals surface area contributed by atoms with Crippen molar-refractivity contribution in [3.05, 3.63) is 40.9 Å². The standard InChI is InChI=1S/C11H7NO3/c13-8-2-1-7-5-6-3-4-12-9(6)10(14)11(7)15-8/h1-5,12,14H. The molecule has 2 aromatic heterocycles. The summed E-state index contributed by atoms with van der Waals surface area (Å²) in [5.41, 5.74) is 0.331. The molecule has 3 aromatic rings. The molecule has 1 aromatic carbocycles. The zero-order valence-electron chi connectivity index (χ0n) is 7.65. The molecular formula is C11H7NO3. The maximum atomic E-state index is 11.0. The van der Waals surface area contributed by atoms with Crippen LogP contribution in [0.5, 0.6) is 5.75 Å². The molecule has 0 fully saturated rings. The number of aromatic hydroxyl groups is 1. The highest BCUT2D eigenvalue weighted by Crippen LogP contribution is 2.31. The summed E-state index contributed by atoms with van der Waals surface area (Å²) in [5, 5.41) is 11.5. The quantitative estimate of drug-likeness (QED) is 0.546. The minimum Gasteiger partial charge on any atom is -0.503 e. The third-order valence-corrected chi connectivity index (χ3v) is 2.41. The molecule has 0 amide bonds. The lowest BCUT2D eigenvalue weighted by molar-refractivity contribution is 0.462. The second-order valence-electron chi connectivity index (χ2n) is 3.34. The van der Waals surface area contributed by atoms with Crippen LogP contribution in [0.3, 0.4) is 0 Å². The van der Waals surface area contributed by atoms with Crippen molar-refractivity contribution in [1.29, 1.82) is 0 Å². The number of aromatic amines is 1. The zero-order chi connectivity index (χ0) is 10.4. The van der Waals surface area contributed by atoms with Gasteiger partial charge in [-0.15, -0.1) is 0 Å². The lowest BCUT2D eigenvalue weighted by Crippen LogP contribution is -1.94. The normalized spacial score (nSPS) is 11.2. The Hall–Kier alpha value is -2.23. The lowest BCUT2D eigenvalue weighted by atomic mass is 10.1. The van der Waals surface area contributed by atoms with Crippen LogP contribution >= 0.6 is 0 Å². The van der Waals surface area contributed by atoms with Crippen molar-refractivity contribution in [3.63, 3.8) is 0 Å². The average molecular weight is 201 g/mol. The highest BCUT2D eigenvalue weighted by Gasteiger charge is 2.09. The van der Waals surface area contributed by atoms with E-state index < -0.39 is 5.63 Å².